The predicted molar refractivity (Wildman–Crippen MR) is 125 cm³/mol. The summed E-state index contributed by atoms with van der Waals surface area (Å²) in [5.74, 6) is -2.99. The number of ether oxygens (including phenoxy) is 1. The number of amides is 2. The van der Waals surface area contributed by atoms with Crippen LogP contribution < -0.4 is 10.1 Å². The fraction of sp³-hybridized carbons (Fsp3) is 0.600. The van der Waals surface area contributed by atoms with E-state index < -0.39 is 47.9 Å². The number of aromatic amines is 1. The third-order valence-corrected chi connectivity index (χ3v) is 8.07. The van der Waals surface area contributed by atoms with E-state index in [9.17, 15) is 32.3 Å². The normalized spacial score (nSPS) is 26.7. The summed E-state index contributed by atoms with van der Waals surface area (Å²) in [6, 6.07) is 2.14. The Balaban J connectivity index is 1.22. The molecule has 13 heteroatoms. The summed E-state index contributed by atoms with van der Waals surface area (Å²) in [5.41, 5.74) is 0.0637. The van der Waals surface area contributed by atoms with Crippen LogP contribution in [0.3, 0.4) is 0 Å². The molecule has 2 aliphatic carbocycles. The smallest absolute Gasteiger partial charge is 0.391 e. The molecule has 3 heterocycles. The third kappa shape index (κ3) is 5.07. The number of methoxy groups -OCH3 is 1. The molecule has 0 bridgehead atoms. The number of hydrogen-bond donors (Lipinski definition) is 3. The van der Waals surface area contributed by atoms with Crippen LogP contribution in [-0.4, -0.2) is 74.5 Å². The Kier molecular flexibility index (Phi) is 6.82. The lowest BCUT2D eigenvalue weighted by Crippen LogP contribution is -2.54. The van der Waals surface area contributed by atoms with Gasteiger partial charge in [0.25, 0.3) is 5.91 Å². The van der Waals surface area contributed by atoms with Crippen molar-refractivity contribution >= 4 is 11.8 Å². The number of carbonyl (C=O) groups excluding carboxylic acids is 2. The van der Waals surface area contributed by atoms with Crippen molar-refractivity contribution in [1.82, 2.24) is 25.4 Å². The molecule has 3 fully saturated rings. The highest BCUT2D eigenvalue weighted by molar-refractivity contribution is 5.94. The van der Waals surface area contributed by atoms with Gasteiger partial charge in [-0.1, -0.05) is 0 Å². The van der Waals surface area contributed by atoms with E-state index in [2.05, 4.69) is 20.5 Å². The zero-order chi connectivity index (χ0) is 27.2. The molecule has 206 valence electrons. The van der Waals surface area contributed by atoms with Crippen molar-refractivity contribution in [3.05, 3.63) is 29.8 Å². The average Bonchev–Trinajstić information content (AvgIpc) is 3.45. The molecule has 4 unspecified atom stereocenters. The number of likely N-dealkylation sites (tertiary alicyclic amines) is 1. The Morgan fingerprint density at radius 1 is 1.24 bits per heavy atom. The molecule has 1 aliphatic heterocycles. The highest BCUT2D eigenvalue weighted by atomic mass is 19.4. The van der Waals surface area contributed by atoms with E-state index in [-0.39, 0.29) is 47.5 Å². The summed E-state index contributed by atoms with van der Waals surface area (Å²) >= 11 is 0. The van der Waals surface area contributed by atoms with Gasteiger partial charge in [-0.3, -0.25) is 14.7 Å². The number of carbonyl (C=O) groups is 2. The van der Waals surface area contributed by atoms with Crippen LogP contribution in [-0.2, 0) is 4.79 Å². The Bertz CT molecular complexity index is 1210. The number of rotatable bonds is 5. The number of piperidine rings is 1. The number of halogens is 4. The molecule has 3 aliphatic rings. The van der Waals surface area contributed by atoms with Crippen LogP contribution in [0.4, 0.5) is 17.6 Å². The minimum atomic E-state index is -4.36. The first kappa shape index (κ1) is 26.4. The van der Waals surface area contributed by atoms with Gasteiger partial charge >= 0.3 is 6.18 Å². The van der Waals surface area contributed by atoms with Gasteiger partial charge in [0.1, 0.15) is 5.69 Å². The van der Waals surface area contributed by atoms with Crippen LogP contribution in [0, 0.1) is 17.7 Å². The van der Waals surface area contributed by atoms with Crippen LogP contribution in [0.2, 0.25) is 0 Å². The van der Waals surface area contributed by atoms with E-state index in [0.717, 1.165) is 19.0 Å². The van der Waals surface area contributed by atoms with Crippen LogP contribution in [0.25, 0.3) is 11.3 Å². The number of hydrogen-bond acceptors (Lipinski definition) is 6. The molecule has 4 atom stereocenters. The highest BCUT2D eigenvalue weighted by Gasteiger charge is 2.55. The molecule has 9 nitrogen and oxygen atoms in total. The number of aromatic nitrogens is 3. The standard InChI is InChI=1S/C25H29F4N5O4/c1-38-21-9-15(16(26)12-30-21)18-10-19(33-32-18)23(37)34-7-4-13(11-24(34)5-6-24)22(36)31-17-3-2-14(8-20(17)35)25(27,28)29/h9-10,12-14,17,20,35H,2-8,11H2,1H3,(H,31,36)(H,32,33). The molecule has 3 N–H and O–H groups in total. The second-order valence-corrected chi connectivity index (χ2v) is 10.5. The number of aliphatic hydroxyl groups is 1. The van der Waals surface area contributed by atoms with Gasteiger partial charge in [-0.25, -0.2) is 9.37 Å². The zero-order valence-electron chi connectivity index (χ0n) is 20.7. The van der Waals surface area contributed by atoms with Crippen LogP contribution in [0.5, 0.6) is 5.88 Å². The largest absolute Gasteiger partial charge is 0.481 e. The first-order valence-electron chi connectivity index (χ1n) is 12.6. The molecule has 5 rings (SSSR count). The van der Waals surface area contributed by atoms with Gasteiger partial charge in [0.2, 0.25) is 11.8 Å². The maximum absolute atomic E-state index is 14.3. The van der Waals surface area contributed by atoms with Crippen molar-refractivity contribution in [2.75, 3.05) is 13.7 Å². The van der Waals surface area contributed by atoms with Gasteiger partial charge in [-0.15, -0.1) is 0 Å². The zero-order valence-corrected chi connectivity index (χ0v) is 20.7. The van der Waals surface area contributed by atoms with E-state index in [1.807, 2.05) is 0 Å². The van der Waals surface area contributed by atoms with Gasteiger partial charge < -0.3 is 20.1 Å². The van der Waals surface area contributed by atoms with Crippen molar-refractivity contribution in [3.8, 4) is 17.1 Å². The molecule has 0 aromatic carbocycles. The Morgan fingerprint density at radius 3 is 2.66 bits per heavy atom. The summed E-state index contributed by atoms with van der Waals surface area (Å²) in [5, 5.41) is 19.8. The van der Waals surface area contributed by atoms with Crippen molar-refractivity contribution < 1.29 is 37.0 Å². The van der Waals surface area contributed by atoms with E-state index in [4.69, 9.17) is 4.74 Å². The molecule has 2 amide bonds. The van der Waals surface area contributed by atoms with Crippen molar-refractivity contribution in [2.24, 2.45) is 11.8 Å². The van der Waals surface area contributed by atoms with Crippen molar-refractivity contribution in [1.29, 1.82) is 0 Å². The maximum atomic E-state index is 14.3. The Morgan fingerprint density at radius 2 is 2.00 bits per heavy atom. The fourth-order valence-corrected chi connectivity index (χ4v) is 5.71. The average molecular weight is 540 g/mol. The van der Waals surface area contributed by atoms with Gasteiger partial charge in [-0.2, -0.15) is 18.3 Å². The monoisotopic (exact) mass is 539 g/mol. The number of pyridine rings is 1. The lowest BCUT2D eigenvalue weighted by atomic mass is 9.82. The Labute approximate surface area is 215 Å². The number of alkyl halides is 3. The van der Waals surface area contributed by atoms with Crippen LogP contribution in [0.1, 0.15) is 55.4 Å². The molecular weight excluding hydrogens is 510 g/mol. The lowest BCUT2D eigenvalue weighted by molar-refractivity contribution is -0.191. The van der Waals surface area contributed by atoms with E-state index in [1.165, 1.54) is 19.2 Å². The minimum Gasteiger partial charge on any atom is -0.481 e. The first-order valence-corrected chi connectivity index (χ1v) is 12.6. The molecular formula is C25H29F4N5O4. The summed E-state index contributed by atoms with van der Waals surface area (Å²) < 4.78 is 58.3. The quantitative estimate of drug-likeness (QED) is 0.502. The number of aliphatic hydroxyl groups excluding tert-OH is 1. The molecule has 1 saturated heterocycles. The Hall–Kier alpha value is -3.22. The molecule has 2 aromatic rings. The van der Waals surface area contributed by atoms with Gasteiger partial charge in [-0.05, 0) is 51.0 Å². The second kappa shape index (κ2) is 9.83. The summed E-state index contributed by atoms with van der Waals surface area (Å²) in [7, 11) is 1.41. The highest BCUT2D eigenvalue weighted by Crippen LogP contribution is 2.50. The summed E-state index contributed by atoms with van der Waals surface area (Å²) in [6.45, 7) is 0.312. The number of nitrogens with one attached hydrogen (secondary N) is 2. The third-order valence-electron chi connectivity index (χ3n) is 8.07. The number of H-pyrrole nitrogens is 1. The van der Waals surface area contributed by atoms with E-state index in [1.54, 1.807) is 4.90 Å². The van der Waals surface area contributed by atoms with Crippen molar-refractivity contribution in [3.63, 3.8) is 0 Å². The van der Waals surface area contributed by atoms with Gasteiger partial charge in [0.05, 0.1) is 37.1 Å². The van der Waals surface area contributed by atoms with E-state index in [0.29, 0.717) is 19.4 Å². The first-order chi connectivity index (χ1) is 18.0. The molecule has 38 heavy (non-hydrogen) atoms. The molecule has 2 aromatic heterocycles. The predicted octanol–water partition coefficient (Wildman–Crippen LogP) is 3.21. The molecule has 0 radical (unpaired) electrons. The minimum absolute atomic E-state index is 0.0612. The molecule has 2 saturated carbocycles. The van der Waals surface area contributed by atoms with E-state index >= 15 is 0 Å². The van der Waals surface area contributed by atoms with Crippen LogP contribution >= 0.6 is 0 Å². The fourth-order valence-electron chi connectivity index (χ4n) is 5.71. The maximum Gasteiger partial charge on any atom is 0.391 e. The molecule has 1 spiro atoms. The van der Waals surface area contributed by atoms with Crippen LogP contribution in [0.15, 0.2) is 18.3 Å². The van der Waals surface area contributed by atoms with Gasteiger partial charge in [0, 0.05) is 29.6 Å². The topological polar surface area (TPSA) is 120 Å². The SMILES string of the molecule is COc1cc(-c2cc(C(=O)N3CCC(C(=O)NC4CCC(C(F)(F)F)CC4O)CC34CC4)[nH]n2)c(F)cn1. The second-order valence-electron chi connectivity index (χ2n) is 10.5. The number of nitrogens with zero attached hydrogens (tertiary/aromatic N) is 3. The lowest BCUT2D eigenvalue weighted by Gasteiger charge is -2.40. The summed E-state index contributed by atoms with van der Waals surface area (Å²) in [6.07, 6.45) is -2.85. The van der Waals surface area contributed by atoms with Gasteiger partial charge in [0.15, 0.2) is 5.82 Å². The summed E-state index contributed by atoms with van der Waals surface area (Å²) in [4.78, 5) is 31.9. The van der Waals surface area contributed by atoms with Crippen molar-refractivity contribution in [2.45, 2.75) is 68.8 Å².